The number of hydrogen-bond acceptors (Lipinski definition) is 1. The van der Waals surface area contributed by atoms with Crippen LogP contribution in [-0.2, 0) is 0 Å². The molecule has 0 saturated carbocycles. The largest absolute Gasteiger partial charge is 0.396 e. The average molecular weight is 238 g/mol. The zero-order valence-corrected chi connectivity index (χ0v) is 9.00. The van der Waals surface area contributed by atoms with Crippen LogP contribution in [0.4, 0.5) is 4.39 Å². The standard InChI is InChI=1S/C7H12Cl3FO/c1-5(2-3-12)6(8)4-7(9,10)11/h5-6,12H,2-4H2,1H3. The predicted molar refractivity (Wildman–Crippen MR) is 50.7 cm³/mol. The van der Waals surface area contributed by atoms with Gasteiger partial charge in [-0.05, 0) is 12.3 Å². The summed E-state index contributed by atoms with van der Waals surface area (Å²) in [4.78, 5) is 0. The number of rotatable bonds is 5. The Morgan fingerprint density at radius 3 is 2.33 bits per heavy atom. The zero-order valence-electron chi connectivity index (χ0n) is 6.74. The first-order chi connectivity index (χ1) is 5.37. The van der Waals surface area contributed by atoms with E-state index in [4.69, 9.17) is 39.9 Å². The highest BCUT2D eigenvalue weighted by Gasteiger charge is 2.28. The maximum absolute atomic E-state index is 12.6. The van der Waals surface area contributed by atoms with Gasteiger partial charge >= 0.3 is 0 Å². The molecule has 0 amide bonds. The molecule has 0 saturated heterocycles. The lowest BCUT2D eigenvalue weighted by molar-refractivity contribution is 0.250. The molecule has 0 heterocycles. The van der Waals surface area contributed by atoms with Crippen LogP contribution in [-0.4, -0.2) is 21.7 Å². The Kier molecular flexibility index (Phi) is 5.83. The van der Waals surface area contributed by atoms with E-state index in [1.807, 2.05) is 6.92 Å². The Morgan fingerprint density at radius 2 is 2.00 bits per heavy atom. The molecule has 0 aliphatic heterocycles. The van der Waals surface area contributed by atoms with Gasteiger partial charge in [0.2, 0.25) is 0 Å². The molecule has 0 fully saturated rings. The molecule has 0 radical (unpaired) electrons. The maximum Gasteiger partial charge on any atom is 0.258 e. The summed E-state index contributed by atoms with van der Waals surface area (Å²) in [5.41, 5.74) is 0. The van der Waals surface area contributed by atoms with Crippen molar-refractivity contribution in [2.24, 2.45) is 5.92 Å². The molecule has 5 heteroatoms. The van der Waals surface area contributed by atoms with Gasteiger partial charge in [0.25, 0.3) is 4.59 Å². The van der Waals surface area contributed by atoms with Crippen molar-refractivity contribution >= 4 is 34.8 Å². The van der Waals surface area contributed by atoms with Crippen LogP contribution in [0.5, 0.6) is 0 Å². The fraction of sp³-hybridized carbons (Fsp3) is 1.00. The summed E-state index contributed by atoms with van der Waals surface area (Å²) >= 11 is 16.0. The van der Waals surface area contributed by atoms with E-state index in [2.05, 4.69) is 0 Å². The highest BCUT2D eigenvalue weighted by atomic mass is 35.5. The second kappa shape index (κ2) is 5.48. The number of hydrogen-bond donors (Lipinski definition) is 1. The Morgan fingerprint density at radius 1 is 1.50 bits per heavy atom. The third kappa shape index (κ3) is 6.30. The monoisotopic (exact) mass is 236 g/mol. The maximum atomic E-state index is 12.6. The topological polar surface area (TPSA) is 20.2 Å². The van der Waals surface area contributed by atoms with Crippen molar-refractivity contribution in [2.75, 3.05) is 6.61 Å². The first-order valence-corrected chi connectivity index (χ1v) is 4.87. The molecule has 1 N–H and O–H groups in total. The van der Waals surface area contributed by atoms with Gasteiger partial charge in [0, 0.05) is 18.4 Å². The minimum Gasteiger partial charge on any atom is -0.396 e. The fourth-order valence-corrected chi connectivity index (χ4v) is 1.64. The van der Waals surface area contributed by atoms with Crippen LogP contribution in [0, 0.1) is 5.92 Å². The van der Waals surface area contributed by atoms with Crippen LogP contribution in [0.1, 0.15) is 19.8 Å². The Balaban J connectivity index is 3.78. The van der Waals surface area contributed by atoms with E-state index in [1.54, 1.807) is 0 Å². The molecule has 0 aromatic carbocycles. The molecular formula is C7H12Cl3FO. The highest BCUT2D eigenvalue weighted by Crippen LogP contribution is 2.33. The zero-order chi connectivity index (χ0) is 9.78. The van der Waals surface area contributed by atoms with Gasteiger partial charge in [-0.25, -0.2) is 4.39 Å². The van der Waals surface area contributed by atoms with Crippen molar-refractivity contribution in [1.29, 1.82) is 0 Å². The first-order valence-electron chi connectivity index (χ1n) is 3.68. The van der Waals surface area contributed by atoms with Gasteiger partial charge in [-0.1, -0.05) is 30.1 Å². The van der Waals surface area contributed by atoms with Crippen molar-refractivity contribution < 1.29 is 9.50 Å². The van der Waals surface area contributed by atoms with E-state index < -0.39 is 9.96 Å². The summed E-state index contributed by atoms with van der Waals surface area (Å²) < 4.78 is 10.4. The molecule has 0 aromatic rings. The molecule has 1 nitrogen and oxygen atoms in total. The van der Waals surface area contributed by atoms with Crippen molar-refractivity contribution in [2.45, 2.75) is 29.7 Å². The van der Waals surface area contributed by atoms with Crippen LogP contribution in [0.25, 0.3) is 0 Å². The third-order valence-corrected chi connectivity index (χ3v) is 2.52. The lowest BCUT2D eigenvalue weighted by Crippen LogP contribution is -2.20. The molecule has 0 aliphatic carbocycles. The van der Waals surface area contributed by atoms with E-state index in [0.717, 1.165) is 0 Å². The molecule has 2 atom stereocenters. The highest BCUT2D eigenvalue weighted by molar-refractivity contribution is 6.47. The fourth-order valence-electron chi connectivity index (χ4n) is 0.807. The van der Waals surface area contributed by atoms with Crippen LogP contribution < -0.4 is 0 Å². The number of halogens is 4. The van der Waals surface area contributed by atoms with E-state index >= 15 is 0 Å². The van der Waals surface area contributed by atoms with Crippen LogP contribution in [0.15, 0.2) is 0 Å². The lowest BCUT2D eigenvalue weighted by Gasteiger charge is -2.19. The Bertz CT molecular complexity index is 126. The van der Waals surface area contributed by atoms with Crippen molar-refractivity contribution in [3.63, 3.8) is 0 Å². The molecule has 0 aromatic heterocycles. The molecule has 0 spiro atoms. The quantitative estimate of drug-likeness (QED) is 0.729. The normalized spacial score (nSPS) is 17.5. The SMILES string of the molecule is CC(CCO)C(Cl)CC(F)(Cl)Cl. The molecule has 0 rings (SSSR count). The van der Waals surface area contributed by atoms with Crippen molar-refractivity contribution in [1.82, 2.24) is 0 Å². The molecule has 0 aliphatic rings. The molecule has 12 heavy (non-hydrogen) atoms. The Hall–Kier alpha value is 0.760. The van der Waals surface area contributed by atoms with Gasteiger partial charge in [-0.15, -0.1) is 11.6 Å². The third-order valence-electron chi connectivity index (χ3n) is 1.63. The van der Waals surface area contributed by atoms with Gasteiger partial charge in [-0.2, -0.15) is 0 Å². The van der Waals surface area contributed by atoms with Gasteiger partial charge in [0.15, 0.2) is 0 Å². The second-order valence-electron chi connectivity index (χ2n) is 2.82. The van der Waals surface area contributed by atoms with Gasteiger partial charge in [0.05, 0.1) is 0 Å². The number of aliphatic hydroxyl groups is 1. The van der Waals surface area contributed by atoms with E-state index in [-0.39, 0.29) is 18.9 Å². The van der Waals surface area contributed by atoms with Gasteiger partial charge in [0.1, 0.15) is 0 Å². The summed E-state index contributed by atoms with van der Waals surface area (Å²) in [6, 6.07) is 0. The van der Waals surface area contributed by atoms with Crippen LogP contribution in [0.2, 0.25) is 0 Å². The number of alkyl halides is 4. The lowest BCUT2D eigenvalue weighted by atomic mass is 10.0. The molecular weight excluding hydrogens is 225 g/mol. The molecule has 74 valence electrons. The first kappa shape index (κ1) is 12.8. The molecule has 0 bridgehead atoms. The summed E-state index contributed by atoms with van der Waals surface area (Å²) in [5, 5.41) is 8.12. The van der Waals surface area contributed by atoms with E-state index in [1.165, 1.54) is 0 Å². The van der Waals surface area contributed by atoms with Gasteiger partial charge in [-0.3, -0.25) is 0 Å². The van der Waals surface area contributed by atoms with Crippen molar-refractivity contribution in [3.05, 3.63) is 0 Å². The van der Waals surface area contributed by atoms with E-state index in [9.17, 15) is 4.39 Å². The average Bonchev–Trinajstić information content (AvgIpc) is 1.84. The second-order valence-corrected chi connectivity index (χ2v) is 4.78. The van der Waals surface area contributed by atoms with Crippen molar-refractivity contribution in [3.8, 4) is 0 Å². The molecule has 2 unspecified atom stereocenters. The summed E-state index contributed by atoms with van der Waals surface area (Å²) in [5.74, 6) is 0.00397. The smallest absolute Gasteiger partial charge is 0.258 e. The van der Waals surface area contributed by atoms with Crippen LogP contribution in [0.3, 0.4) is 0 Å². The minimum atomic E-state index is -2.27. The minimum absolute atomic E-state index is 0.00397. The van der Waals surface area contributed by atoms with Crippen LogP contribution >= 0.6 is 34.8 Å². The predicted octanol–water partition coefficient (Wildman–Crippen LogP) is 3.10. The van der Waals surface area contributed by atoms with E-state index in [0.29, 0.717) is 6.42 Å². The van der Waals surface area contributed by atoms with Gasteiger partial charge < -0.3 is 5.11 Å². The number of aliphatic hydroxyl groups excluding tert-OH is 1. The summed E-state index contributed by atoms with van der Waals surface area (Å²) in [6.07, 6.45) is 0.400. The Labute approximate surface area is 86.8 Å². The summed E-state index contributed by atoms with van der Waals surface area (Å²) in [7, 11) is 0. The summed E-state index contributed by atoms with van der Waals surface area (Å²) in [6.45, 7) is 1.85.